The number of ether oxygens (including phenoxy) is 2. The molecule has 4 unspecified atom stereocenters. The highest BCUT2D eigenvalue weighted by Crippen LogP contribution is 2.37. The number of rotatable bonds is 3. The summed E-state index contributed by atoms with van der Waals surface area (Å²) < 4.78 is 10.1. The first-order valence-electron chi connectivity index (χ1n) is 5.78. The monoisotopic (exact) mass is 354 g/mol. The first-order valence-corrected chi connectivity index (χ1v) is 6.86. The van der Waals surface area contributed by atoms with E-state index in [2.05, 4.69) is 22.6 Å². The molecule has 1 aliphatic rings. The van der Waals surface area contributed by atoms with Crippen molar-refractivity contribution in [1.82, 2.24) is 0 Å². The highest BCUT2D eigenvalue weighted by atomic mass is 127. The molecule has 0 aliphatic carbocycles. The van der Waals surface area contributed by atoms with Gasteiger partial charge in [0.05, 0.1) is 5.92 Å². The number of hydrogen-bond acceptors (Lipinski definition) is 4. The van der Waals surface area contributed by atoms with E-state index in [4.69, 9.17) is 9.47 Å². The zero-order chi connectivity index (χ0) is 13.4. The van der Waals surface area contributed by atoms with Crippen LogP contribution in [-0.4, -0.2) is 27.1 Å². The fraction of sp³-hybridized carbons (Fsp3) is 0.833. The molecule has 1 saturated heterocycles. The Morgan fingerprint density at radius 1 is 1.59 bits per heavy atom. The number of halogens is 1. The second-order valence-electron chi connectivity index (χ2n) is 4.93. The lowest BCUT2D eigenvalue weighted by molar-refractivity contribution is -0.168. The highest BCUT2D eigenvalue weighted by molar-refractivity contribution is 14.1. The summed E-state index contributed by atoms with van der Waals surface area (Å²) in [6.07, 6.45) is 0.276. The molecule has 5 heteroatoms. The summed E-state index contributed by atoms with van der Waals surface area (Å²) in [5.41, 5.74) is -0.865. The van der Waals surface area contributed by atoms with Gasteiger partial charge in [-0.3, -0.25) is 9.59 Å². The SMILES string of the molecule is CCC(C)(I)C(=O)OC1(C)C(C)OC(=O)C1C. The third kappa shape index (κ3) is 2.58. The van der Waals surface area contributed by atoms with Crippen molar-refractivity contribution >= 4 is 34.5 Å². The number of hydrogen-bond donors (Lipinski definition) is 0. The van der Waals surface area contributed by atoms with Crippen LogP contribution in [0, 0.1) is 5.92 Å². The van der Waals surface area contributed by atoms with Gasteiger partial charge in [0, 0.05) is 0 Å². The van der Waals surface area contributed by atoms with E-state index in [1.165, 1.54) is 0 Å². The van der Waals surface area contributed by atoms with E-state index in [0.717, 1.165) is 0 Å². The number of alkyl halides is 1. The summed E-state index contributed by atoms with van der Waals surface area (Å²) in [4.78, 5) is 23.5. The highest BCUT2D eigenvalue weighted by Gasteiger charge is 2.54. The molecule has 98 valence electrons. The maximum atomic E-state index is 12.1. The van der Waals surface area contributed by atoms with Crippen LogP contribution in [0.5, 0.6) is 0 Å². The van der Waals surface area contributed by atoms with Crippen molar-refractivity contribution in [3.63, 3.8) is 0 Å². The van der Waals surface area contributed by atoms with Crippen molar-refractivity contribution in [3.05, 3.63) is 0 Å². The Balaban J connectivity index is 2.87. The van der Waals surface area contributed by atoms with Crippen LogP contribution in [0.1, 0.15) is 41.0 Å². The lowest BCUT2D eigenvalue weighted by Crippen LogP contribution is -2.47. The van der Waals surface area contributed by atoms with Crippen LogP contribution in [0.15, 0.2) is 0 Å². The Hall–Kier alpha value is -0.330. The topological polar surface area (TPSA) is 52.6 Å². The van der Waals surface area contributed by atoms with Crippen molar-refractivity contribution in [1.29, 1.82) is 0 Å². The predicted octanol–water partition coefficient (Wildman–Crippen LogP) is 2.47. The average Bonchev–Trinajstić information content (AvgIpc) is 2.43. The molecular formula is C12H19IO4. The van der Waals surface area contributed by atoms with E-state index in [0.29, 0.717) is 6.42 Å². The third-order valence-electron chi connectivity index (χ3n) is 3.72. The average molecular weight is 354 g/mol. The van der Waals surface area contributed by atoms with E-state index >= 15 is 0 Å². The minimum atomic E-state index is -0.865. The molecule has 0 amide bonds. The van der Waals surface area contributed by atoms with Crippen LogP contribution in [-0.2, 0) is 19.1 Å². The van der Waals surface area contributed by atoms with Crippen LogP contribution < -0.4 is 0 Å². The Labute approximate surface area is 116 Å². The van der Waals surface area contributed by atoms with Gasteiger partial charge in [-0.05, 0) is 34.1 Å². The first-order chi connectivity index (χ1) is 7.65. The van der Waals surface area contributed by atoms with Gasteiger partial charge in [-0.25, -0.2) is 0 Å². The van der Waals surface area contributed by atoms with Gasteiger partial charge in [0.1, 0.15) is 9.53 Å². The molecule has 0 radical (unpaired) electrons. The largest absolute Gasteiger partial charge is 0.458 e. The van der Waals surface area contributed by atoms with Crippen molar-refractivity contribution in [3.8, 4) is 0 Å². The fourth-order valence-corrected chi connectivity index (χ4v) is 1.71. The molecular weight excluding hydrogens is 335 g/mol. The zero-order valence-electron chi connectivity index (χ0n) is 10.9. The van der Waals surface area contributed by atoms with E-state index in [-0.39, 0.29) is 11.9 Å². The maximum Gasteiger partial charge on any atom is 0.322 e. The first kappa shape index (κ1) is 14.7. The van der Waals surface area contributed by atoms with Gasteiger partial charge in [-0.2, -0.15) is 0 Å². The van der Waals surface area contributed by atoms with Crippen molar-refractivity contribution in [2.45, 2.75) is 56.2 Å². The fourth-order valence-electron chi connectivity index (χ4n) is 1.60. The quantitative estimate of drug-likeness (QED) is 0.444. The van der Waals surface area contributed by atoms with Crippen molar-refractivity contribution in [2.75, 3.05) is 0 Å². The maximum absolute atomic E-state index is 12.1. The van der Waals surface area contributed by atoms with Gasteiger partial charge in [0.2, 0.25) is 0 Å². The van der Waals surface area contributed by atoms with E-state index in [1.807, 2.05) is 13.8 Å². The molecule has 0 spiro atoms. The summed E-state index contributed by atoms with van der Waals surface area (Å²) >= 11 is 2.08. The van der Waals surface area contributed by atoms with E-state index in [1.54, 1.807) is 20.8 Å². The summed E-state index contributed by atoms with van der Waals surface area (Å²) in [5, 5.41) is 0. The number of carbonyl (C=O) groups excluding carboxylic acids is 2. The zero-order valence-corrected chi connectivity index (χ0v) is 13.0. The number of cyclic esters (lactones) is 1. The minimum absolute atomic E-state index is 0.292. The molecule has 0 aromatic carbocycles. The minimum Gasteiger partial charge on any atom is -0.458 e. The van der Waals surface area contributed by atoms with Gasteiger partial charge < -0.3 is 9.47 Å². The van der Waals surface area contributed by atoms with Crippen molar-refractivity contribution < 1.29 is 19.1 Å². The predicted molar refractivity (Wildman–Crippen MR) is 71.9 cm³/mol. The van der Waals surface area contributed by atoms with Gasteiger partial charge >= 0.3 is 11.9 Å². The molecule has 17 heavy (non-hydrogen) atoms. The molecule has 0 saturated carbocycles. The molecule has 0 aromatic heterocycles. The van der Waals surface area contributed by atoms with Gasteiger partial charge in [0.15, 0.2) is 5.60 Å². The molecule has 1 fully saturated rings. The third-order valence-corrected chi connectivity index (χ3v) is 4.92. The van der Waals surface area contributed by atoms with Crippen LogP contribution in [0.4, 0.5) is 0 Å². The molecule has 4 atom stereocenters. The standard InChI is InChI=1S/C12H19IO4/c1-6-11(4,13)10(15)17-12(5)7(2)9(14)16-8(12)3/h7-8H,6H2,1-5H3. The second-order valence-corrected chi connectivity index (χ2v) is 7.31. The number of carbonyl (C=O) groups is 2. The summed E-state index contributed by atoms with van der Waals surface area (Å²) in [5.74, 6) is -1.02. The van der Waals surface area contributed by atoms with E-state index < -0.39 is 21.0 Å². The summed E-state index contributed by atoms with van der Waals surface area (Å²) in [7, 11) is 0. The Morgan fingerprint density at radius 3 is 2.47 bits per heavy atom. The Bertz CT molecular complexity index is 339. The normalized spacial score (nSPS) is 36.2. The van der Waals surface area contributed by atoms with Gasteiger partial charge in [-0.15, -0.1) is 0 Å². The Kier molecular flexibility index (Phi) is 4.11. The van der Waals surface area contributed by atoms with Gasteiger partial charge in [0.25, 0.3) is 0 Å². The van der Waals surface area contributed by atoms with Crippen LogP contribution in [0.3, 0.4) is 0 Å². The molecule has 1 rings (SSSR count). The molecule has 0 aromatic rings. The molecule has 0 N–H and O–H groups in total. The lowest BCUT2D eigenvalue weighted by atomic mass is 9.88. The van der Waals surface area contributed by atoms with Crippen molar-refractivity contribution in [2.24, 2.45) is 5.92 Å². The smallest absolute Gasteiger partial charge is 0.322 e. The van der Waals surface area contributed by atoms with Crippen LogP contribution in [0.2, 0.25) is 0 Å². The Morgan fingerprint density at radius 2 is 2.12 bits per heavy atom. The van der Waals surface area contributed by atoms with Crippen LogP contribution >= 0.6 is 22.6 Å². The van der Waals surface area contributed by atoms with Crippen LogP contribution in [0.25, 0.3) is 0 Å². The van der Waals surface area contributed by atoms with Gasteiger partial charge in [-0.1, -0.05) is 29.5 Å². The molecule has 4 nitrogen and oxygen atoms in total. The molecule has 0 bridgehead atoms. The molecule has 1 aliphatic heterocycles. The summed E-state index contributed by atoms with van der Waals surface area (Å²) in [6, 6.07) is 0. The number of esters is 2. The second kappa shape index (κ2) is 4.74. The lowest BCUT2D eigenvalue weighted by Gasteiger charge is -2.32. The molecule has 1 heterocycles. The van der Waals surface area contributed by atoms with E-state index in [9.17, 15) is 9.59 Å². The summed E-state index contributed by atoms with van der Waals surface area (Å²) in [6.45, 7) is 9.00.